The quantitative estimate of drug-likeness (QED) is 0.886. The highest BCUT2D eigenvalue weighted by molar-refractivity contribution is 5.98. The predicted molar refractivity (Wildman–Crippen MR) is 70.1 cm³/mol. The van der Waals surface area contributed by atoms with Crippen LogP contribution in [0.4, 0.5) is 5.69 Å². The molecule has 0 aromatic heterocycles. The van der Waals surface area contributed by atoms with Crippen molar-refractivity contribution in [3.63, 3.8) is 0 Å². The van der Waals surface area contributed by atoms with Crippen molar-refractivity contribution in [3.05, 3.63) is 23.8 Å². The molecule has 2 aliphatic rings. The van der Waals surface area contributed by atoms with E-state index >= 15 is 0 Å². The van der Waals surface area contributed by atoms with Crippen LogP contribution in [0.1, 0.15) is 23.2 Å². The Morgan fingerprint density at radius 2 is 2.33 bits per heavy atom. The lowest BCUT2D eigenvalue weighted by atomic mass is 10.1. The van der Waals surface area contributed by atoms with E-state index in [1.807, 2.05) is 30.1 Å². The average molecular weight is 246 g/mol. The van der Waals surface area contributed by atoms with Gasteiger partial charge in [-0.1, -0.05) is 6.07 Å². The normalized spacial score (nSPS) is 17.4. The third-order valence-electron chi connectivity index (χ3n) is 3.49. The van der Waals surface area contributed by atoms with Crippen LogP contribution in [0.25, 0.3) is 0 Å². The first-order chi connectivity index (χ1) is 8.75. The summed E-state index contributed by atoms with van der Waals surface area (Å²) in [4.78, 5) is 14.2. The molecule has 0 bridgehead atoms. The van der Waals surface area contributed by atoms with Gasteiger partial charge in [0.05, 0.1) is 11.3 Å². The molecule has 0 spiro atoms. The van der Waals surface area contributed by atoms with Gasteiger partial charge in [-0.2, -0.15) is 0 Å². The van der Waals surface area contributed by atoms with Gasteiger partial charge in [-0.25, -0.2) is 0 Å². The Labute approximate surface area is 107 Å². The van der Waals surface area contributed by atoms with Crippen LogP contribution in [0.2, 0.25) is 0 Å². The minimum Gasteiger partial charge on any atom is -0.489 e. The maximum atomic E-state index is 12.4. The molecule has 1 amide bonds. The van der Waals surface area contributed by atoms with Gasteiger partial charge in [0.1, 0.15) is 6.61 Å². The molecule has 1 heterocycles. The summed E-state index contributed by atoms with van der Waals surface area (Å²) < 4.78 is 5.64. The zero-order valence-corrected chi connectivity index (χ0v) is 10.6. The van der Waals surface area contributed by atoms with E-state index in [1.165, 1.54) is 12.8 Å². The second kappa shape index (κ2) is 4.52. The molecule has 1 aliphatic heterocycles. The van der Waals surface area contributed by atoms with Gasteiger partial charge in [0.15, 0.2) is 5.75 Å². The summed E-state index contributed by atoms with van der Waals surface area (Å²) in [6, 6.07) is 5.70. The number of fused-ring (bicyclic) bond motifs is 1. The van der Waals surface area contributed by atoms with Gasteiger partial charge in [-0.15, -0.1) is 0 Å². The lowest BCUT2D eigenvalue weighted by Crippen LogP contribution is -2.30. The van der Waals surface area contributed by atoms with Crippen molar-refractivity contribution in [2.75, 3.05) is 32.1 Å². The molecule has 1 fully saturated rings. The van der Waals surface area contributed by atoms with E-state index < -0.39 is 0 Å². The molecule has 18 heavy (non-hydrogen) atoms. The largest absolute Gasteiger partial charge is 0.489 e. The monoisotopic (exact) mass is 246 g/mol. The standard InChI is InChI=1S/C14H18N2O2/c1-16(9-10-5-6-10)14(17)11-3-2-4-12-13(11)18-8-7-15-12/h2-4,10,15H,5-9H2,1H3. The fourth-order valence-corrected chi connectivity index (χ4v) is 2.32. The number of carbonyl (C=O) groups excluding carboxylic acids is 1. The van der Waals surface area contributed by atoms with Crippen LogP contribution in [0, 0.1) is 5.92 Å². The molecule has 0 unspecified atom stereocenters. The lowest BCUT2D eigenvalue weighted by Gasteiger charge is -2.24. The molecule has 1 aliphatic carbocycles. The van der Waals surface area contributed by atoms with Gasteiger partial charge in [-0.3, -0.25) is 4.79 Å². The zero-order chi connectivity index (χ0) is 12.5. The molecule has 1 saturated carbocycles. The maximum absolute atomic E-state index is 12.4. The maximum Gasteiger partial charge on any atom is 0.257 e. The highest BCUT2D eigenvalue weighted by atomic mass is 16.5. The molecule has 1 aromatic rings. The minimum absolute atomic E-state index is 0.0578. The number of amides is 1. The Hall–Kier alpha value is -1.71. The molecular weight excluding hydrogens is 228 g/mol. The predicted octanol–water partition coefficient (Wildman–Crippen LogP) is 1.97. The molecule has 0 atom stereocenters. The van der Waals surface area contributed by atoms with E-state index in [1.54, 1.807) is 0 Å². The second-order valence-corrected chi connectivity index (χ2v) is 5.09. The van der Waals surface area contributed by atoms with Crippen molar-refractivity contribution in [1.29, 1.82) is 0 Å². The number of nitrogens with one attached hydrogen (secondary N) is 1. The summed E-state index contributed by atoms with van der Waals surface area (Å²) >= 11 is 0. The smallest absolute Gasteiger partial charge is 0.257 e. The number of benzene rings is 1. The fraction of sp³-hybridized carbons (Fsp3) is 0.500. The summed E-state index contributed by atoms with van der Waals surface area (Å²) in [5.41, 5.74) is 1.59. The van der Waals surface area contributed by atoms with Gasteiger partial charge in [0, 0.05) is 20.1 Å². The third-order valence-corrected chi connectivity index (χ3v) is 3.49. The molecule has 4 heteroatoms. The summed E-state index contributed by atoms with van der Waals surface area (Å²) in [5.74, 6) is 1.47. The van der Waals surface area contributed by atoms with Crippen LogP contribution in [-0.2, 0) is 0 Å². The van der Waals surface area contributed by atoms with E-state index in [0.717, 1.165) is 18.8 Å². The molecule has 4 nitrogen and oxygen atoms in total. The van der Waals surface area contributed by atoms with Crippen LogP contribution in [-0.4, -0.2) is 37.6 Å². The van der Waals surface area contributed by atoms with Crippen LogP contribution in [0.15, 0.2) is 18.2 Å². The van der Waals surface area contributed by atoms with Crippen molar-refractivity contribution >= 4 is 11.6 Å². The lowest BCUT2D eigenvalue weighted by molar-refractivity contribution is 0.0784. The van der Waals surface area contributed by atoms with Crippen molar-refractivity contribution in [3.8, 4) is 5.75 Å². The molecule has 1 aromatic carbocycles. The average Bonchev–Trinajstić information content (AvgIpc) is 3.21. The number of nitrogens with zero attached hydrogens (tertiary/aromatic N) is 1. The number of carbonyl (C=O) groups is 1. The summed E-state index contributed by atoms with van der Waals surface area (Å²) in [6.45, 7) is 2.27. The van der Waals surface area contributed by atoms with E-state index in [4.69, 9.17) is 4.74 Å². The molecule has 0 saturated heterocycles. The highest BCUT2D eigenvalue weighted by Crippen LogP contribution is 2.33. The van der Waals surface area contributed by atoms with E-state index in [9.17, 15) is 4.79 Å². The summed E-state index contributed by atoms with van der Waals surface area (Å²) in [7, 11) is 1.87. The SMILES string of the molecule is CN(CC1CC1)C(=O)c1cccc2c1OCCN2. The fourth-order valence-electron chi connectivity index (χ4n) is 2.32. The molecular formula is C14H18N2O2. The molecule has 1 N–H and O–H groups in total. The third kappa shape index (κ3) is 2.15. The van der Waals surface area contributed by atoms with Gasteiger partial charge < -0.3 is 15.0 Å². The Kier molecular flexibility index (Phi) is 2.86. The second-order valence-electron chi connectivity index (χ2n) is 5.09. The zero-order valence-electron chi connectivity index (χ0n) is 10.6. The van der Waals surface area contributed by atoms with Crippen molar-refractivity contribution in [2.24, 2.45) is 5.92 Å². The molecule has 0 radical (unpaired) electrons. The van der Waals surface area contributed by atoms with Gasteiger partial charge in [-0.05, 0) is 30.9 Å². The van der Waals surface area contributed by atoms with Crippen molar-refractivity contribution in [1.82, 2.24) is 4.90 Å². The Bertz CT molecular complexity index is 469. The van der Waals surface area contributed by atoms with Crippen molar-refractivity contribution < 1.29 is 9.53 Å². The number of anilines is 1. The Morgan fingerprint density at radius 3 is 3.11 bits per heavy atom. The van der Waals surface area contributed by atoms with Gasteiger partial charge in [0.25, 0.3) is 5.91 Å². The van der Waals surface area contributed by atoms with Crippen molar-refractivity contribution in [2.45, 2.75) is 12.8 Å². The van der Waals surface area contributed by atoms with Gasteiger partial charge >= 0.3 is 0 Å². The van der Waals surface area contributed by atoms with Crippen LogP contribution in [0.3, 0.4) is 0 Å². The Morgan fingerprint density at radius 1 is 1.50 bits per heavy atom. The first-order valence-electron chi connectivity index (χ1n) is 6.51. The van der Waals surface area contributed by atoms with E-state index in [0.29, 0.717) is 23.8 Å². The minimum atomic E-state index is 0.0578. The summed E-state index contributed by atoms with van der Waals surface area (Å²) in [5, 5.41) is 3.25. The van der Waals surface area contributed by atoms with Crippen LogP contribution in [0.5, 0.6) is 5.75 Å². The van der Waals surface area contributed by atoms with Gasteiger partial charge in [0.2, 0.25) is 0 Å². The first-order valence-corrected chi connectivity index (χ1v) is 6.51. The summed E-state index contributed by atoms with van der Waals surface area (Å²) in [6.07, 6.45) is 2.51. The molecule has 96 valence electrons. The highest BCUT2D eigenvalue weighted by Gasteiger charge is 2.27. The topological polar surface area (TPSA) is 41.6 Å². The van der Waals surface area contributed by atoms with E-state index in [2.05, 4.69) is 5.32 Å². The number of hydrogen-bond donors (Lipinski definition) is 1. The van der Waals surface area contributed by atoms with E-state index in [-0.39, 0.29) is 5.91 Å². The number of para-hydroxylation sites is 1. The molecule has 3 rings (SSSR count). The Balaban J connectivity index is 1.83. The number of rotatable bonds is 3. The van der Waals surface area contributed by atoms with Crippen LogP contribution >= 0.6 is 0 Å². The number of ether oxygens (including phenoxy) is 1. The first kappa shape index (κ1) is 11.4. The van der Waals surface area contributed by atoms with Crippen LogP contribution < -0.4 is 10.1 Å². The number of hydrogen-bond acceptors (Lipinski definition) is 3.